The average molecular weight is 255 g/mol. The Kier molecular flexibility index (Phi) is 2.49. The Labute approximate surface area is 117 Å². The van der Waals surface area contributed by atoms with Crippen molar-refractivity contribution in [1.29, 1.82) is 0 Å². The molecule has 1 heteroatoms. The molecule has 19 heavy (non-hydrogen) atoms. The van der Waals surface area contributed by atoms with Crippen LogP contribution >= 0.6 is 0 Å². The van der Waals surface area contributed by atoms with Gasteiger partial charge in [0.25, 0.3) is 0 Å². The van der Waals surface area contributed by atoms with Crippen LogP contribution in [-0.2, 0) is 5.41 Å². The first-order valence-corrected chi connectivity index (χ1v) is 7.92. The maximum absolute atomic E-state index is 2.42. The van der Waals surface area contributed by atoms with Crippen LogP contribution in [0.25, 0.3) is 0 Å². The molecule has 102 valence electrons. The zero-order chi connectivity index (χ0) is 13.0. The third-order valence-corrected chi connectivity index (χ3v) is 6.03. The van der Waals surface area contributed by atoms with Crippen molar-refractivity contribution in [2.24, 2.45) is 17.8 Å². The maximum Gasteiger partial charge on any atom is 0.0361 e. The van der Waals surface area contributed by atoms with Crippen molar-refractivity contribution >= 4 is 5.69 Å². The Bertz CT molecular complexity index is 436. The van der Waals surface area contributed by atoms with E-state index in [1.54, 1.807) is 5.56 Å². The molecule has 0 atom stereocenters. The molecule has 1 nitrogen and oxygen atoms in total. The van der Waals surface area contributed by atoms with Gasteiger partial charge in [-0.3, -0.25) is 0 Å². The summed E-state index contributed by atoms with van der Waals surface area (Å²) in [6.07, 6.45) is 9.03. The predicted molar refractivity (Wildman–Crippen MR) is 80.6 cm³/mol. The molecular weight excluding hydrogens is 230 g/mol. The monoisotopic (exact) mass is 255 g/mol. The van der Waals surface area contributed by atoms with E-state index in [2.05, 4.69) is 43.3 Å². The van der Waals surface area contributed by atoms with Crippen molar-refractivity contribution in [2.45, 2.75) is 43.9 Å². The van der Waals surface area contributed by atoms with Crippen LogP contribution in [0.2, 0.25) is 0 Å². The minimum absolute atomic E-state index is 0.555. The molecule has 4 fully saturated rings. The van der Waals surface area contributed by atoms with Crippen LogP contribution in [0.5, 0.6) is 0 Å². The van der Waals surface area contributed by atoms with E-state index in [4.69, 9.17) is 0 Å². The number of rotatable bonds is 2. The summed E-state index contributed by atoms with van der Waals surface area (Å²) < 4.78 is 0. The minimum Gasteiger partial charge on any atom is -0.378 e. The SMILES string of the molecule is CN(C)c1ccc(C23CC4CC(CC(C4)C2)C3)cc1. The molecule has 1 aromatic carbocycles. The van der Waals surface area contributed by atoms with Gasteiger partial charge >= 0.3 is 0 Å². The van der Waals surface area contributed by atoms with E-state index in [9.17, 15) is 0 Å². The predicted octanol–water partition coefficient (Wildman–Crippen LogP) is 4.22. The van der Waals surface area contributed by atoms with Crippen molar-refractivity contribution in [2.75, 3.05) is 19.0 Å². The van der Waals surface area contributed by atoms with Crippen LogP contribution in [-0.4, -0.2) is 14.1 Å². The van der Waals surface area contributed by atoms with Gasteiger partial charge in [-0.25, -0.2) is 0 Å². The Morgan fingerprint density at radius 1 is 0.842 bits per heavy atom. The van der Waals surface area contributed by atoms with Crippen LogP contribution in [0.15, 0.2) is 24.3 Å². The highest BCUT2D eigenvalue weighted by atomic mass is 15.1. The fraction of sp³-hybridized carbons (Fsp3) is 0.667. The van der Waals surface area contributed by atoms with Gasteiger partial charge in [0.15, 0.2) is 0 Å². The van der Waals surface area contributed by atoms with Crippen molar-refractivity contribution in [3.8, 4) is 0 Å². The summed E-state index contributed by atoms with van der Waals surface area (Å²) in [6, 6.07) is 9.47. The van der Waals surface area contributed by atoms with Gasteiger partial charge < -0.3 is 4.90 Å². The first-order chi connectivity index (χ1) is 9.14. The third-order valence-electron chi connectivity index (χ3n) is 6.03. The van der Waals surface area contributed by atoms with Gasteiger partial charge in [-0.15, -0.1) is 0 Å². The number of nitrogens with zero attached hydrogens (tertiary/aromatic N) is 1. The Morgan fingerprint density at radius 2 is 1.32 bits per heavy atom. The van der Waals surface area contributed by atoms with Crippen molar-refractivity contribution < 1.29 is 0 Å². The van der Waals surface area contributed by atoms with E-state index < -0.39 is 0 Å². The topological polar surface area (TPSA) is 3.24 Å². The average Bonchev–Trinajstić information content (AvgIpc) is 2.37. The molecule has 4 aliphatic rings. The summed E-state index contributed by atoms with van der Waals surface area (Å²) in [5, 5.41) is 0. The standard InChI is InChI=1S/C18H25N/c1-19(2)17-5-3-16(4-6-17)18-10-13-7-14(11-18)9-15(8-13)12-18/h3-6,13-15H,7-12H2,1-2H3. The largest absolute Gasteiger partial charge is 0.378 e. The van der Waals surface area contributed by atoms with Crippen LogP contribution in [0.1, 0.15) is 44.1 Å². The molecule has 1 aromatic rings. The van der Waals surface area contributed by atoms with Gasteiger partial charge in [0, 0.05) is 19.8 Å². The molecule has 0 saturated heterocycles. The molecule has 0 aliphatic heterocycles. The summed E-state index contributed by atoms with van der Waals surface area (Å²) in [7, 11) is 4.25. The second-order valence-electron chi connectivity index (χ2n) is 7.64. The van der Waals surface area contributed by atoms with E-state index in [-0.39, 0.29) is 0 Å². The highest BCUT2D eigenvalue weighted by Gasteiger charge is 2.51. The second kappa shape index (κ2) is 4.01. The number of hydrogen-bond donors (Lipinski definition) is 0. The van der Waals surface area contributed by atoms with E-state index >= 15 is 0 Å². The van der Waals surface area contributed by atoms with Crippen LogP contribution in [0.3, 0.4) is 0 Å². The van der Waals surface area contributed by atoms with Gasteiger partial charge in [-0.2, -0.15) is 0 Å². The Hall–Kier alpha value is -0.980. The van der Waals surface area contributed by atoms with Gasteiger partial charge in [0.2, 0.25) is 0 Å². The minimum atomic E-state index is 0.555. The normalized spacial score (nSPS) is 39.6. The Balaban J connectivity index is 1.67. The van der Waals surface area contributed by atoms with Gasteiger partial charge in [-0.1, -0.05) is 12.1 Å². The van der Waals surface area contributed by atoms with E-state index in [0.29, 0.717) is 5.41 Å². The molecule has 4 aliphatic carbocycles. The first-order valence-electron chi connectivity index (χ1n) is 7.92. The molecule has 0 N–H and O–H groups in total. The molecule has 0 aromatic heterocycles. The molecular formula is C18H25N. The van der Waals surface area contributed by atoms with Crippen molar-refractivity contribution in [3.63, 3.8) is 0 Å². The third kappa shape index (κ3) is 1.81. The molecule has 0 heterocycles. The van der Waals surface area contributed by atoms with Crippen molar-refractivity contribution in [1.82, 2.24) is 0 Å². The molecule has 0 spiro atoms. The smallest absolute Gasteiger partial charge is 0.0361 e. The van der Waals surface area contributed by atoms with E-state index in [1.165, 1.54) is 44.2 Å². The molecule has 0 unspecified atom stereocenters. The van der Waals surface area contributed by atoms with Gasteiger partial charge in [0.1, 0.15) is 0 Å². The van der Waals surface area contributed by atoms with E-state index in [1.807, 2.05) is 0 Å². The fourth-order valence-electron chi connectivity index (χ4n) is 5.58. The molecule has 4 saturated carbocycles. The first kappa shape index (κ1) is 11.8. The highest BCUT2D eigenvalue weighted by molar-refractivity contribution is 5.47. The zero-order valence-electron chi connectivity index (χ0n) is 12.2. The van der Waals surface area contributed by atoms with Crippen LogP contribution in [0.4, 0.5) is 5.69 Å². The molecule has 5 rings (SSSR count). The number of benzene rings is 1. The fourth-order valence-corrected chi connectivity index (χ4v) is 5.58. The molecule has 0 radical (unpaired) electrons. The highest BCUT2D eigenvalue weighted by Crippen LogP contribution is 2.60. The van der Waals surface area contributed by atoms with Gasteiger partial charge in [-0.05, 0) is 79.4 Å². The van der Waals surface area contributed by atoms with E-state index in [0.717, 1.165) is 17.8 Å². The summed E-state index contributed by atoms with van der Waals surface area (Å²) in [5.74, 6) is 3.12. The second-order valence-corrected chi connectivity index (χ2v) is 7.64. The maximum atomic E-state index is 2.42. The summed E-state index contributed by atoms with van der Waals surface area (Å²) >= 11 is 0. The number of anilines is 1. The summed E-state index contributed by atoms with van der Waals surface area (Å²) in [6.45, 7) is 0. The van der Waals surface area contributed by atoms with Crippen LogP contribution < -0.4 is 4.90 Å². The van der Waals surface area contributed by atoms with Crippen LogP contribution in [0, 0.1) is 17.8 Å². The summed E-state index contributed by atoms with van der Waals surface area (Å²) in [4.78, 5) is 2.20. The quantitative estimate of drug-likeness (QED) is 0.765. The lowest BCUT2D eigenvalue weighted by Gasteiger charge is -2.57. The molecule has 4 bridgehead atoms. The Morgan fingerprint density at radius 3 is 1.74 bits per heavy atom. The zero-order valence-corrected chi connectivity index (χ0v) is 12.2. The lowest BCUT2D eigenvalue weighted by Crippen LogP contribution is -2.48. The lowest BCUT2D eigenvalue weighted by atomic mass is 9.48. The lowest BCUT2D eigenvalue weighted by molar-refractivity contribution is -0.00518. The van der Waals surface area contributed by atoms with Gasteiger partial charge in [0.05, 0.1) is 0 Å². The van der Waals surface area contributed by atoms with Crippen molar-refractivity contribution in [3.05, 3.63) is 29.8 Å². The molecule has 0 amide bonds. The number of hydrogen-bond acceptors (Lipinski definition) is 1. The summed E-state index contributed by atoms with van der Waals surface area (Å²) in [5.41, 5.74) is 3.52.